The van der Waals surface area contributed by atoms with Crippen LogP contribution >= 0.6 is 0 Å². The van der Waals surface area contributed by atoms with E-state index in [4.69, 9.17) is 0 Å². The van der Waals surface area contributed by atoms with Crippen molar-refractivity contribution in [3.63, 3.8) is 0 Å². The van der Waals surface area contributed by atoms with E-state index in [1.165, 1.54) is 12.8 Å². The fraction of sp³-hybridized carbons (Fsp3) is 1.00. The average molecular weight is 206 g/mol. The molecule has 0 amide bonds. The van der Waals surface area contributed by atoms with Gasteiger partial charge in [0, 0.05) is 0 Å². The quantitative estimate of drug-likeness (QED) is 0.604. The summed E-state index contributed by atoms with van der Waals surface area (Å²) in [5.41, 5.74) is 0. The summed E-state index contributed by atoms with van der Waals surface area (Å²) in [4.78, 5) is 0. The zero-order valence-corrected chi connectivity index (χ0v) is 9.76. The highest BCUT2D eigenvalue weighted by Gasteiger charge is 2.65. The molecule has 15 heavy (non-hydrogen) atoms. The first-order chi connectivity index (χ1) is 7.18. The van der Waals surface area contributed by atoms with Crippen molar-refractivity contribution in [2.45, 2.75) is 39.2 Å². The summed E-state index contributed by atoms with van der Waals surface area (Å²) in [7, 11) is 0. The third-order valence-corrected chi connectivity index (χ3v) is 6.81. The molecule has 0 saturated heterocycles. The molecule has 9 atom stereocenters. The molecule has 1 heteroatoms. The normalized spacial score (nSPS) is 70.2. The van der Waals surface area contributed by atoms with Crippen LogP contribution in [0.15, 0.2) is 0 Å². The summed E-state index contributed by atoms with van der Waals surface area (Å²) < 4.78 is 0. The molecular weight excluding hydrogens is 184 g/mol. The first kappa shape index (κ1) is 9.04. The van der Waals surface area contributed by atoms with Gasteiger partial charge in [0.1, 0.15) is 0 Å². The Morgan fingerprint density at radius 1 is 0.800 bits per heavy atom. The van der Waals surface area contributed by atoms with Crippen molar-refractivity contribution in [2.75, 3.05) is 0 Å². The topological polar surface area (TPSA) is 20.2 Å². The lowest BCUT2D eigenvalue weighted by Crippen LogP contribution is -2.40. The second-order valence-corrected chi connectivity index (χ2v) is 6.90. The van der Waals surface area contributed by atoms with Crippen molar-refractivity contribution < 1.29 is 5.11 Å². The molecular formula is C14H22O. The lowest BCUT2D eigenvalue weighted by Gasteiger charge is -2.42. The van der Waals surface area contributed by atoms with Crippen molar-refractivity contribution in [1.82, 2.24) is 0 Å². The largest absolute Gasteiger partial charge is 0.393 e. The third kappa shape index (κ3) is 0.868. The maximum atomic E-state index is 10.0. The van der Waals surface area contributed by atoms with Crippen molar-refractivity contribution in [2.24, 2.45) is 47.3 Å². The highest BCUT2D eigenvalue weighted by Crippen LogP contribution is 2.70. The van der Waals surface area contributed by atoms with E-state index in [1.807, 2.05) is 0 Å². The molecule has 4 aliphatic rings. The van der Waals surface area contributed by atoms with Crippen LogP contribution in [0.4, 0.5) is 0 Å². The molecule has 4 saturated carbocycles. The number of aliphatic hydroxyl groups is 1. The number of fused-ring (bicyclic) bond motifs is 9. The van der Waals surface area contributed by atoms with E-state index in [2.05, 4.69) is 13.8 Å². The summed E-state index contributed by atoms with van der Waals surface area (Å²) in [6.07, 6.45) is 4.06. The highest BCUT2D eigenvalue weighted by molar-refractivity contribution is 5.13. The first-order valence-corrected chi connectivity index (χ1v) is 6.86. The molecule has 9 unspecified atom stereocenters. The Morgan fingerprint density at radius 2 is 1.47 bits per heavy atom. The Labute approximate surface area is 92.3 Å². The summed E-state index contributed by atoms with van der Waals surface area (Å²) in [6.45, 7) is 4.94. The highest BCUT2D eigenvalue weighted by atomic mass is 16.3. The van der Waals surface area contributed by atoms with Gasteiger partial charge in [-0.15, -0.1) is 0 Å². The standard InChI is InChI=1S/C14H22O/c1-6-7(2)10-5-9(6)13-8-3-11(14(10)13)12(15)4-8/h6-15H,3-5H2,1-2H3. The van der Waals surface area contributed by atoms with E-state index in [1.54, 1.807) is 0 Å². The van der Waals surface area contributed by atoms with E-state index in [-0.39, 0.29) is 6.10 Å². The minimum atomic E-state index is 0.0677. The number of aliphatic hydroxyl groups excluding tert-OH is 1. The van der Waals surface area contributed by atoms with Gasteiger partial charge >= 0.3 is 0 Å². The van der Waals surface area contributed by atoms with E-state index in [0.717, 1.165) is 47.8 Å². The van der Waals surface area contributed by atoms with Crippen LogP contribution < -0.4 is 0 Å². The Kier molecular flexibility index (Phi) is 1.57. The Hall–Kier alpha value is -0.0400. The van der Waals surface area contributed by atoms with Crippen LogP contribution in [0.1, 0.15) is 33.1 Å². The van der Waals surface area contributed by atoms with Gasteiger partial charge in [0.05, 0.1) is 6.10 Å². The second kappa shape index (κ2) is 2.61. The van der Waals surface area contributed by atoms with Crippen molar-refractivity contribution >= 4 is 0 Å². The molecule has 4 fully saturated rings. The molecule has 0 aliphatic heterocycles. The summed E-state index contributed by atoms with van der Waals surface area (Å²) in [6, 6.07) is 0. The lowest BCUT2D eigenvalue weighted by molar-refractivity contribution is -0.0000913. The van der Waals surface area contributed by atoms with Crippen molar-refractivity contribution in [3.8, 4) is 0 Å². The first-order valence-electron chi connectivity index (χ1n) is 6.86. The Morgan fingerprint density at radius 3 is 2.20 bits per heavy atom. The molecule has 0 aromatic rings. The van der Waals surface area contributed by atoms with E-state index in [0.29, 0.717) is 5.92 Å². The monoisotopic (exact) mass is 206 g/mol. The Balaban J connectivity index is 1.73. The molecule has 4 rings (SSSR count). The fourth-order valence-electron chi connectivity index (χ4n) is 6.19. The lowest BCUT2D eigenvalue weighted by atomic mass is 9.64. The smallest absolute Gasteiger partial charge is 0.0574 e. The zero-order valence-electron chi connectivity index (χ0n) is 9.76. The molecule has 4 bridgehead atoms. The number of hydrogen-bond donors (Lipinski definition) is 1. The van der Waals surface area contributed by atoms with Crippen LogP contribution in [0.5, 0.6) is 0 Å². The van der Waals surface area contributed by atoms with Crippen LogP contribution in [-0.2, 0) is 0 Å². The maximum absolute atomic E-state index is 10.0. The van der Waals surface area contributed by atoms with Gasteiger partial charge in [-0.1, -0.05) is 13.8 Å². The van der Waals surface area contributed by atoms with Gasteiger partial charge in [0.15, 0.2) is 0 Å². The predicted molar refractivity (Wildman–Crippen MR) is 59.1 cm³/mol. The molecule has 1 nitrogen and oxygen atoms in total. The summed E-state index contributed by atoms with van der Waals surface area (Å²) >= 11 is 0. The predicted octanol–water partition coefficient (Wildman–Crippen LogP) is 2.54. The van der Waals surface area contributed by atoms with Gasteiger partial charge in [-0.3, -0.25) is 0 Å². The zero-order chi connectivity index (χ0) is 10.3. The van der Waals surface area contributed by atoms with Gasteiger partial charge in [-0.2, -0.15) is 0 Å². The maximum Gasteiger partial charge on any atom is 0.0574 e. The molecule has 4 aliphatic carbocycles. The second-order valence-electron chi connectivity index (χ2n) is 6.90. The molecule has 0 heterocycles. The van der Waals surface area contributed by atoms with Crippen LogP contribution in [-0.4, -0.2) is 11.2 Å². The molecule has 0 radical (unpaired) electrons. The van der Waals surface area contributed by atoms with E-state index >= 15 is 0 Å². The number of hydrogen-bond acceptors (Lipinski definition) is 1. The molecule has 0 aromatic carbocycles. The van der Waals surface area contributed by atoms with E-state index in [9.17, 15) is 5.11 Å². The van der Waals surface area contributed by atoms with Crippen LogP contribution in [0.2, 0.25) is 0 Å². The minimum absolute atomic E-state index is 0.0677. The molecule has 0 spiro atoms. The van der Waals surface area contributed by atoms with Crippen LogP contribution in [0, 0.1) is 47.3 Å². The van der Waals surface area contributed by atoms with Gasteiger partial charge < -0.3 is 5.11 Å². The fourth-order valence-corrected chi connectivity index (χ4v) is 6.19. The number of rotatable bonds is 0. The Bertz CT molecular complexity index is 300. The van der Waals surface area contributed by atoms with Crippen LogP contribution in [0.3, 0.4) is 0 Å². The van der Waals surface area contributed by atoms with Gasteiger partial charge in [0.25, 0.3) is 0 Å². The van der Waals surface area contributed by atoms with Crippen LogP contribution in [0.25, 0.3) is 0 Å². The van der Waals surface area contributed by atoms with Crippen molar-refractivity contribution in [3.05, 3.63) is 0 Å². The van der Waals surface area contributed by atoms with E-state index < -0.39 is 0 Å². The van der Waals surface area contributed by atoms with Gasteiger partial charge in [-0.05, 0) is 66.6 Å². The molecule has 0 aromatic heterocycles. The SMILES string of the molecule is CC1C(C)C2CC1C1C3CC(O)C(C3)C21. The third-order valence-electron chi connectivity index (χ3n) is 6.81. The average Bonchev–Trinajstić information content (AvgIpc) is 2.86. The molecule has 84 valence electrons. The molecule has 1 N–H and O–H groups in total. The van der Waals surface area contributed by atoms with Gasteiger partial charge in [-0.25, -0.2) is 0 Å². The summed E-state index contributed by atoms with van der Waals surface area (Å²) in [5, 5.41) is 10.0. The van der Waals surface area contributed by atoms with Gasteiger partial charge in [0.2, 0.25) is 0 Å². The van der Waals surface area contributed by atoms with Crippen molar-refractivity contribution in [1.29, 1.82) is 0 Å². The summed E-state index contributed by atoms with van der Waals surface area (Å²) in [5.74, 6) is 7.45. The minimum Gasteiger partial charge on any atom is -0.393 e.